The molecule has 1 saturated heterocycles. The number of allylic oxidation sites excluding steroid dienone is 1. The Morgan fingerprint density at radius 3 is 2.16 bits per heavy atom. The predicted molar refractivity (Wildman–Crippen MR) is 166 cm³/mol. The Hall–Kier alpha value is -3.61. The van der Waals surface area contributed by atoms with Gasteiger partial charge in [0.2, 0.25) is 5.78 Å². The number of aliphatic hydroxyl groups excluding tert-OH is 2. The molecule has 0 radical (unpaired) electrons. The molecule has 12 heteroatoms. The van der Waals surface area contributed by atoms with Gasteiger partial charge < -0.3 is 41.7 Å². The monoisotopic (exact) mass is 611 g/mol. The summed E-state index contributed by atoms with van der Waals surface area (Å²) in [6.07, 6.45) is 1.79. The van der Waals surface area contributed by atoms with Crippen LogP contribution < -0.4 is 21.3 Å². The molecular formula is C32H45N5O7. The molecule has 4 aliphatic rings. The van der Waals surface area contributed by atoms with Gasteiger partial charge in [0.1, 0.15) is 22.8 Å². The normalized spacial score (nSPS) is 29.7. The Morgan fingerprint density at radius 2 is 1.64 bits per heavy atom. The molecule has 8 N–H and O–H groups in total. The first-order valence-electron chi connectivity index (χ1n) is 15.0. The number of phenolic OH excluding ortho intramolecular Hbond substituents is 1. The van der Waals surface area contributed by atoms with Crippen LogP contribution in [0.5, 0.6) is 5.75 Å². The molecule has 0 saturated carbocycles. The van der Waals surface area contributed by atoms with Crippen LogP contribution in [0.25, 0.3) is 0 Å². The van der Waals surface area contributed by atoms with Crippen LogP contribution in [0.4, 0.5) is 11.4 Å². The number of piperidine rings is 1. The minimum atomic E-state index is -2.67. The highest BCUT2D eigenvalue weighted by Crippen LogP contribution is 2.54. The number of hydrogen-bond acceptors (Lipinski definition) is 11. The molecular weight excluding hydrogens is 566 g/mol. The number of ketones is 2. The average molecular weight is 612 g/mol. The van der Waals surface area contributed by atoms with Crippen molar-refractivity contribution in [2.24, 2.45) is 17.6 Å². The Morgan fingerprint density at radius 1 is 1.05 bits per heavy atom. The third kappa shape index (κ3) is 4.74. The van der Waals surface area contributed by atoms with Crippen molar-refractivity contribution in [1.29, 1.82) is 0 Å². The molecule has 3 aliphatic carbocycles. The zero-order valence-corrected chi connectivity index (χ0v) is 26.7. The number of anilines is 2. The predicted octanol–water partition coefficient (Wildman–Crippen LogP) is 1.91. The van der Waals surface area contributed by atoms with E-state index >= 15 is 0 Å². The number of fused-ring (bicyclic) bond motifs is 3. The molecule has 5 rings (SSSR count). The molecule has 1 aliphatic heterocycles. The molecule has 12 nitrogen and oxygen atoms in total. The lowest BCUT2D eigenvalue weighted by Gasteiger charge is -2.50. The van der Waals surface area contributed by atoms with E-state index in [0.717, 1.165) is 12.8 Å². The van der Waals surface area contributed by atoms with Crippen molar-refractivity contribution in [2.75, 3.05) is 38.4 Å². The summed E-state index contributed by atoms with van der Waals surface area (Å²) < 4.78 is 0. The number of hydrogen-bond donors (Lipinski definition) is 7. The van der Waals surface area contributed by atoms with E-state index in [1.165, 1.54) is 4.90 Å². The van der Waals surface area contributed by atoms with Gasteiger partial charge in [-0.15, -0.1) is 0 Å². The molecule has 4 atom stereocenters. The maximum atomic E-state index is 14.3. The van der Waals surface area contributed by atoms with Gasteiger partial charge in [-0.3, -0.25) is 19.3 Å². The van der Waals surface area contributed by atoms with Crippen molar-refractivity contribution in [3.63, 3.8) is 0 Å². The third-order valence-electron chi connectivity index (χ3n) is 9.73. The van der Waals surface area contributed by atoms with Crippen LogP contribution in [0.2, 0.25) is 0 Å². The first-order chi connectivity index (χ1) is 20.2. The lowest BCUT2D eigenvalue weighted by molar-refractivity contribution is -0.148. The van der Waals surface area contributed by atoms with Crippen LogP contribution >= 0.6 is 0 Å². The molecule has 0 bridgehead atoms. The Balaban J connectivity index is 1.65. The summed E-state index contributed by atoms with van der Waals surface area (Å²) in [6, 6.07) is 0.773. The number of primary amides is 1. The standard InChI is InChI=1S/C32H45N5O7/c1-30(2)12-15(13-31(3,4)35-30)34-18-11-19(36(5)6)16-9-14-10-17-23(37(7)8)26(40)22(29(33)43)28(42)32(17,44)27(41)20(14)25(39)21(16)24(18)38/h11,14-15,17,23,34-35,38,40-41,44H,9-10,12-13H2,1-8H3,(H2,33,43)/t14-,17-,23-,32-/m0/s1. The third-order valence-corrected chi connectivity index (χ3v) is 9.73. The van der Waals surface area contributed by atoms with Gasteiger partial charge in [-0.25, -0.2) is 0 Å². The molecule has 44 heavy (non-hydrogen) atoms. The fourth-order valence-electron chi connectivity index (χ4n) is 8.45. The quantitative estimate of drug-likeness (QED) is 0.190. The number of aromatic hydroxyl groups is 1. The van der Waals surface area contributed by atoms with E-state index in [1.807, 2.05) is 25.1 Å². The highest BCUT2D eigenvalue weighted by Gasteiger charge is 2.63. The van der Waals surface area contributed by atoms with Gasteiger partial charge in [0.15, 0.2) is 11.4 Å². The van der Waals surface area contributed by atoms with Gasteiger partial charge in [-0.2, -0.15) is 0 Å². The number of carbonyl (C=O) groups excluding carboxylic acids is 3. The zero-order chi connectivity index (χ0) is 32.8. The highest BCUT2D eigenvalue weighted by molar-refractivity contribution is 6.25. The van der Waals surface area contributed by atoms with Crippen molar-refractivity contribution in [3.05, 3.63) is 39.9 Å². The van der Waals surface area contributed by atoms with E-state index in [-0.39, 0.29) is 46.8 Å². The zero-order valence-electron chi connectivity index (χ0n) is 26.7. The number of aliphatic hydroxyl groups is 3. The average Bonchev–Trinajstić information content (AvgIpc) is 2.85. The number of Topliss-reactive ketones (excluding diaryl/α,β-unsaturated/α-hetero) is 2. The van der Waals surface area contributed by atoms with E-state index in [2.05, 4.69) is 38.3 Å². The summed E-state index contributed by atoms with van der Waals surface area (Å²) in [5.74, 6) is -6.65. The topological polar surface area (TPSA) is 189 Å². The number of rotatable bonds is 5. The Labute approximate surface area is 257 Å². The largest absolute Gasteiger partial charge is 0.510 e. The van der Waals surface area contributed by atoms with Crippen LogP contribution in [0.3, 0.4) is 0 Å². The summed E-state index contributed by atoms with van der Waals surface area (Å²) in [5.41, 5.74) is 3.07. The smallest absolute Gasteiger partial charge is 0.255 e. The van der Waals surface area contributed by atoms with Gasteiger partial charge in [0, 0.05) is 48.4 Å². The molecule has 1 fully saturated rings. The van der Waals surface area contributed by atoms with E-state index in [0.29, 0.717) is 16.9 Å². The summed E-state index contributed by atoms with van der Waals surface area (Å²) in [4.78, 5) is 43.5. The number of phenols is 1. The number of amides is 1. The number of nitrogens with two attached hydrogens (primary N) is 1. The van der Waals surface area contributed by atoms with Crippen molar-refractivity contribution in [1.82, 2.24) is 10.2 Å². The summed E-state index contributed by atoms with van der Waals surface area (Å²) in [7, 11) is 6.90. The number of nitrogens with zero attached hydrogens (tertiary/aromatic N) is 2. The van der Waals surface area contributed by atoms with Crippen molar-refractivity contribution in [2.45, 2.75) is 82.1 Å². The Kier molecular flexibility index (Phi) is 7.38. The minimum absolute atomic E-state index is 0.00747. The highest BCUT2D eigenvalue weighted by atomic mass is 16.3. The van der Waals surface area contributed by atoms with Crippen LogP contribution in [-0.2, 0) is 16.0 Å². The lowest BCUT2D eigenvalue weighted by Crippen LogP contribution is -2.63. The lowest BCUT2D eigenvalue weighted by atomic mass is 9.58. The number of likely N-dealkylation sites (N-methyl/N-ethyl adjacent to an activating group) is 1. The first kappa shape index (κ1) is 31.8. The minimum Gasteiger partial charge on any atom is -0.510 e. The second-order valence-corrected chi connectivity index (χ2v) is 14.6. The van der Waals surface area contributed by atoms with Crippen LogP contribution in [-0.4, -0.2) is 99.8 Å². The van der Waals surface area contributed by atoms with Crippen LogP contribution in [0.1, 0.15) is 62.9 Å². The molecule has 0 aromatic heterocycles. The van der Waals surface area contributed by atoms with Gasteiger partial charge >= 0.3 is 0 Å². The molecule has 0 spiro atoms. The van der Waals surface area contributed by atoms with Gasteiger partial charge in [-0.05, 0) is 85.0 Å². The number of carbonyl (C=O) groups is 3. The fourth-order valence-corrected chi connectivity index (χ4v) is 8.45. The van der Waals surface area contributed by atoms with E-state index in [4.69, 9.17) is 5.73 Å². The maximum absolute atomic E-state index is 14.3. The number of nitrogens with one attached hydrogen (secondary N) is 2. The second-order valence-electron chi connectivity index (χ2n) is 14.6. The Bertz CT molecular complexity index is 1510. The van der Waals surface area contributed by atoms with Gasteiger partial charge in [0.25, 0.3) is 5.91 Å². The molecule has 1 amide bonds. The first-order valence-corrected chi connectivity index (χ1v) is 15.0. The van der Waals surface area contributed by atoms with E-state index in [1.54, 1.807) is 14.1 Å². The molecule has 1 aromatic carbocycles. The van der Waals surface area contributed by atoms with E-state index < -0.39 is 58.0 Å². The summed E-state index contributed by atoms with van der Waals surface area (Å²) in [5, 5.41) is 53.2. The van der Waals surface area contributed by atoms with Crippen molar-refractivity contribution in [3.8, 4) is 5.75 Å². The fraction of sp³-hybridized carbons (Fsp3) is 0.594. The summed E-state index contributed by atoms with van der Waals surface area (Å²) in [6.45, 7) is 8.47. The molecule has 1 heterocycles. The SMILES string of the molecule is CN(C)c1cc(NC2CC(C)(C)NC(C)(C)C2)c(O)c2c1C[C@H]1C[C@H]3[C@H](N(C)C)C(O)=C(C(N)=O)C(=O)[C@@]3(O)C(O)=C1C2=O. The molecule has 1 aromatic rings. The molecule has 240 valence electrons. The van der Waals surface area contributed by atoms with Gasteiger partial charge in [-0.1, -0.05) is 0 Å². The second kappa shape index (κ2) is 10.2. The van der Waals surface area contributed by atoms with Crippen LogP contribution in [0.15, 0.2) is 28.7 Å². The van der Waals surface area contributed by atoms with Crippen LogP contribution in [0, 0.1) is 11.8 Å². The van der Waals surface area contributed by atoms with E-state index in [9.17, 15) is 34.8 Å². The number of benzene rings is 1. The van der Waals surface area contributed by atoms with Crippen molar-refractivity contribution >= 4 is 28.8 Å². The maximum Gasteiger partial charge on any atom is 0.255 e. The molecule has 0 unspecified atom stereocenters. The summed E-state index contributed by atoms with van der Waals surface area (Å²) >= 11 is 0. The van der Waals surface area contributed by atoms with Crippen molar-refractivity contribution < 1.29 is 34.8 Å². The van der Waals surface area contributed by atoms with Gasteiger partial charge in [0.05, 0.1) is 17.3 Å².